The summed E-state index contributed by atoms with van der Waals surface area (Å²) in [6, 6.07) is 19.7. The summed E-state index contributed by atoms with van der Waals surface area (Å²) in [5, 5.41) is 0. The number of para-hydroxylation sites is 1. The van der Waals surface area contributed by atoms with Crippen LogP contribution in [0.15, 0.2) is 66.6 Å². The molecule has 6 heteroatoms. The third kappa shape index (κ3) is 5.62. The fourth-order valence-electron chi connectivity index (χ4n) is 6.85. The van der Waals surface area contributed by atoms with Crippen LogP contribution < -0.4 is 4.90 Å². The number of ether oxygens (including phenoxy) is 2. The van der Waals surface area contributed by atoms with Crippen LogP contribution in [0, 0.1) is 5.92 Å². The summed E-state index contributed by atoms with van der Waals surface area (Å²) in [4.78, 5) is 21.2. The Hall–Kier alpha value is -2.83. The van der Waals surface area contributed by atoms with Gasteiger partial charge in [0.1, 0.15) is 6.26 Å². The quantitative estimate of drug-likeness (QED) is 0.520. The SMILES string of the molecule is O=C(C1CCCCC1)N1c2ccccc2CCC1CN1CCN(C(Cc2ccccc2)C2=COCO2)CC1. The van der Waals surface area contributed by atoms with E-state index in [1.807, 2.05) is 0 Å². The zero-order valence-corrected chi connectivity index (χ0v) is 22.5. The minimum absolute atomic E-state index is 0.188. The zero-order chi connectivity index (χ0) is 25.7. The van der Waals surface area contributed by atoms with E-state index in [1.165, 1.54) is 30.4 Å². The van der Waals surface area contributed by atoms with Crippen LogP contribution in [0.5, 0.6) is 0 Å². The van der Waals surface area contributed by atoms with Gasteiger partial charge in [-0.25, -0.2) is 0 Å². The van der Waals surface area contributed by atoms with Gasteiger partial charge in [-0.05, 0) is 49.3 Å². The van der Waals surface area contributed by atoms with Crippen molar-refractivity contribution >= 4 is 11.6 Å². The Morgan fingerprint density at radius 2 is 1.66 bits per heavy atom. The molecule has 38 heavy (non-hydrogen) atoms. The Balaban J connectivity index is 1.13. The maximum atomic E-state index is 13.9. The van der Waals surface area contributed by atoms with Crippen molar-refractivity contribution in [3.63, 3.8) is 0 Å². The molecule has 0 N–H and O–H groups in total. The summed E-state index contributed by atoms with van der Waals surface area (Å²) in [6.07, 6.45) is 10.6. The lowest BCUT2D eigenvalue weighted by Gasteiger charge is -2.44. The van der Waals surface area contributed by atoms with Gasteiger partial charge in [-0.1, -0.05) is 67.8 Å². The number of anilines is 1. The summed E-state index contributed by atoms with van der Waals surface area (Å²) in [6.45, 7) is 5.24. The first kappa shape index (κ1) is 25.4. The highest BCUT2D eigenvalue weighted by atomic mass is 16.7. The van der Waals surface area contributed by atoms with E-state index < -0.39 is 0 Å². The fraction of sp³-hybridized carbons (Fsp3) is 0.531. The van der Waals surface area contributed by atoms with Crippen molar-refractivity contribution in [3.05, 3.63) is 77.7 Å². The first-order valence-corrected chi connectivity index (χ1v) is 14.6. The lowest BCUT2D eigenvalue weighted by molar-refractivity contribution is -0.124. The van der Waals surface area contributed by atoms with Gasteiger partial charge in [0.05, 0.1) is 6.04 Å². The van der Waals surface area contributed by atoms with Gasteiger partial charge in [0.25, 0.3) is 0 Å². The van der Waals surface area contributed by atoms with Crippen molar-refractivity contribution in [1.82, 2.24) is 9.80 Å². The summed E-state index contributed by atoms with van der Waals surface area (Å²) < 4.78 is 11.3. The van der Waals surface area contributed by atoms with Crippen LogP contribution in [-0.2, 0) is 27.1 Å². The standard InChI is InChI=1S/C32H41N3O3/c36-32(27-12-5-2-6-13-27)35-28(16-15-26-11-7-8-14-29(26)35)22-33-17-19-34(20-18-33)30(31-23-37-24-38-31)21-25-9-3-1-4-10-25/h1,3-4,7-11,14,23,27-28,30H,2,5-6,12-13,15-22,24H2. The molecule has 1 aliphatic carbocycles. The van der Waals surface area contributed by atoms with E-state index in [-0.39, 0.29) is 18.0 Å². The number of nitrogens with zero attached hydrogens (tertiary/aromatic N) is 3. The second kappa shape index (κ2) is 11.9. The molecule has 4 aliphatic rings. The number of piperazine rings is 1. The van der Waals surface area contributed by atoms with Crippen LogP contribution in [0.2, 0.25) is 0 Å². The number of benzene rings is 2. The van der Waals surface area contributed by atoms with E-state index in [2.05, 4.69) is 69.3 Å². The molecule has 1 amide bonds. The first-order valence-electron chi connectivity index (χ1n) is 14.6. The van der Waals surface area contributed by atoms with Gasteiger partial charge in [-0.15, -0.1) is 0 Å². The molecule has 2 fully saturated rings. The van der Waals surface area contributed by atoms with Crippen molar-refractivity contribution in [2.45, 2.75) is 63.5 Å². The van der Waals surface area contributed by atoms with E-state index in [4.69, 9.17) is 9.47 Å². The van der Waals surface area contributed by atoms with E-state index in [1.54, 1.807) is 6.26 Å². The number of hydrogen-bond donors (Lipinski definition) is 0. The predicted molar refractivity (Wildman–Crippen MR) is 150 cm³/mol. The Bertz CT molecular complexity index is 1110. The fourth-order valence-corrected chi connectivity index (χ4v) is 6.85. The highest BCUT2D eigenvalue weighted by molar-refractivity contribution is 5.97. The zero-order valence-electron chi connectivity index (χ0n) is 22.5. The third-order valence-corrected chi connectivity index (χ3v) is 8.97. The summed E-state index contributed by atoms with van der Waals surface area (Å²) in [5.41, 5.74) is 3.80. The summed E-state index contributed by atoms with van der Waals surface area (Å²) in [5.74, 6) is 1.50. The maximum Gasteiger partial charge on any atom is 0.230 e. The van der Waals surface area contributed by atoms with Crippen LogP contribution in [-0.4, -0.2) is 67.3 Å². The third-order valence-electron chi connectivity index (χ3n) is 8.97. The lowest BCUT2D eigenvalue weighted by Crippen LogP contribution is -2.56. The predicted octanol–water partition coefficient (Wildman–Crippen LogP) is 4.99. The number of fused-ring (bicyclic) bond motifs is 1. The Labute approximate surface area is 227 Å². The molecule has 2 aromatic carbocycles. The van der Waals surface area contributed by atoms with Crippen molar-refractivity contribution in [2.75, 3.05) is 44.4 Å². The molecule has 3 aliphatic heterocycles. The largest absolute Gasteiger partial charge is 0.462 e. The Morgan fingerprint density at radius 3 is 2.42 bits per heavy atom. The molecule has 2 unspecified atom stereocenters. The van der Waals surface area contributed by atoms with E-state index in [9.17, 15) is 4.79 Å². The topological polar surface area (TPSA) is 45.3 Å². The number of amides is 1. The molecule has 6 rings (SSSR count). The first-order chi connectivity index (χ1) is 18.8. The average Bonchev–Trinajstić information content (AvgIpc) is 3.52. The van der Waals surface area contributed by atoms with Gasteiger partial charge in [-0.3, -0.25) is 14.6 Å². The van der Waals surface area contributed by atoms with E-state index in [0.717, 1.165) is 76.3 Å². The van der Waals surface area contributed by atoms with E-state index >= 15 is 0 Å². The average molecular weight is 516 g/mol. The van der Waals surface area contributed by atoms with Crippen molar-refractivity contribution in [1.29, 1.82) is 0 Å². The van der Waals surface area contributed by atoms with Gasteiger partial charge < -0.3 is 14.4 Å². The lowest BCUT2D eigenvalue weighted by atomic mass is 9.86. The molecular formula is C32H41N3O3. The molecular weight excluding hydrogens is 474 g/mol. The molecule has 3 heterocycles. The smallest absolute Gasteiger partial charge is 0.230 e. The highest BCUT2D eigenvalue weighted by Gasteiger charge is 2.37. The van der Waals surface area contributed by atoms with Crippen LogP contribution in [0.3, 0.4) is 0 Å². The molecule has 0 bridgehead atoms. The highest BCUT2D eigenvalue weighted by Crippen LogP contribution is 2.35. The number of aryl methyl sites for hydroxylation is 1. The molecule has 0 radical (unpaired) electrons. The minimum atomic E-state index is 0.188. The Morgan fingerprint density at radius 1 is 0.895 bits per heavy atom. The van der Waals surface area contributed by atoms with Gasteiger partial charge in [0, 0.05) is 50.4 Å². The van der Waals surface area contributed by atoms with Gasteiger partial charge in [0.2, 0.25) is 12.7 Å². The summed E-state index contributed by atoms with van der Waals surface area (Å²) >= 11 is 0. The van der Waals surface area contributed by atoms with Crippen LogP contribution in [0.25, 0.3) is 0 Å². The van der Waals surface area contributed by atoms with Crippen LogP contribution in [0.1, 0.15) is 49.7 Å². The number of carbonyl (C=O) groups is 1. The van der Waals surface area contributed by atoms with Crippen molar-refractivity contribution < 1.29 is 14.3 Å². The molecule has 2 atom stereocenters. The van der Waals surface area contributed by atoms with Crippen molar-refractivity contribution in [3.8, 4) is 0 Å². The van der Waals surface area contributed by atoms with Crippen LogP contribution >= 0.6 is 0 Å². The minimum Gasteiger partial charge on any atom is -0.462 e. The van der Waals surface area contributed by atoms with E-state index in [0.29, 0.717) is 12.7 Å². The maximum absolute atomic E-state index is 13.9. The van der Waals surface area contributed by atoms with Gasteiger partial charge in [-0.2, -0.15) is 0 Å². The van der Waals surface area contributed by atoms with Crippen molar-refractivity contribution in [2.24, 2.45) is 5.92 Å². The Kier molecular flexibility index (Phi) is 7.98. The molecule has 0 spiro atoms. The summed E-state index contributed by atoms with van der Waals surface area (Å²) in [7, 11) is 0. The monoisotopic (exact) mass is 515 g/mol. The molecule has 6 nitrogen and oxygen atoms in total. The number of rotatable bonds is 7. The second-order valence-corrected chi connectivity index (χ2v) is 11.4. The second-order valence-electron chi connectivity index (χ2n) is 11.4. The molecule has 1 saturated heterocycles. The molecule has 1 saturated carbocycles. The van der Waals surface area contributed by atoms with Gasteiger partial charge >= 0.3 is 0 Å². The molecule has 0 aromatic heterocycles. The normalized spacial score (nSPS) is 23.7. The number of hydrogen-bond acceptors (Lipinski definition) is 5. The van der Waals surface area contributed by atoms with Gasteiger partial charge in [0.15, 0.2) is 5.76 Å². The molecule has 202 valence electrons. The molecule has 2 aromatic rings. The number of carbonyl (C=O) groups excluding carboxylic acids is 1. The van der Waals surface area contributed by atoms with Crippen LogP contribution in [0.4, 0.5) is 5.69 Å².